The zero-order chi connectivity index (χ0) is 13.4. The Bertz CT molecular complexity index is 355. The molecule has 0 aliphatic rings. The quantitative estimate of drug-likeness (QED) is 0.627. The Hall–Kier alpha value is -1.63. The smallest absolute Gasteiger partial charge is 0.322 e. The molecule has 0 aliphatic carbocycles. The Balaban J connectivity index is 2.57. The van der Waals surface area contributed by atoms with Crippen LogP contribution in [0.4, 0.5) is 11.9 Å². The summed E-state index contributed by atoms with van der Waals surface area (Å²) < 4.78 is 4.92. The second-order valence-corrected chi connectivity index (χ2v) is 4.05. The largest absolute Gasteiger partial charge is 0.467 e. The van der Waals surface area contributed by atoms with Crippen molar-refractivity contribution in [3.63, 3.8) is 0 Å². The summed E-state index contributed by atoms with van der Waals surface area (Å²) in [6.07, 6.45) is 2.89. The summed E-state index contributed by atoms with van der Waals surface area (Å²) in [5.41, 5.74) is 5.54. The SMILES string of the molecule is CCCC(CCO)CNc1nc(N)nc(OC)n1. The average molecular weight is 255 g/mol. The second-order valence-electron chi connectivity index (χ2n) is 4.05. The zero-order valence-electron chi connectivity index (χ0n) is 10.9. The molecule has 1 aromatic rings. The number of aliphatic hydroxyl groups excluding tert-OH is 1. The first-order valence-electron chi connectivity index (χ1n) is 6.09. The molecule has 102 valence electrons. The van der Waals surface area contributed by atoms with Gasteiger partial charge in [-0.15, -0.1) is 0 Å². The van der Waals surface area contributed by atoms with Crippen LogP contribution in [0.1, 0.15) is 26.2 Å². The van der Waals surface area contributed by atoms with Crippen molar-refractivity contribution in [3.05, 3.63) is 0 Å². The monoisotopic (exact) mass is 255 g/mol. The number of aliphatic hydroxyl groups is 1. The predicted molar refractivity (Wildman–Crippen MR) is 69.4 cm³/mol. The Morgan fingerprint density at radius 1 is 1.33 bits per heavy atom. The van der Waals surface area contributed by atoms with Crippen LogP contribution in [-0.4, -0.2) is 40.3 Å². The van der Waals surface area contributed by atoms with Crippen LogP contribution in [-0.2, 0) is 0 Å². The van der Waals surface area contributed by atoms with Gasteiger partial charge in [0.25, 0.3) is 0 Å². The highest BCUT2D eigenvalue weighted by molar-refractivity contribution is 5.32. The highest BCUT2D eigenvalue weighted by Crippen LogP contribution is 2.13. The minimum atomic E-state index is 0.124. The Kier molecular flexibility index (Phi) is 6.13. The summed E-state index contributed by atoms with van der Waals surface area (Å²) in [5, 5.41) is 12.1. The normalized spacial score (nSPS) is 12.2. The van der Waals surface area contributed by atoms with E-state index in [-0.39, 0.29) is 18.6 Å². The van der Waals surface area contributed by atoms with Crippen LogP contribution in [0.25, 0.3) is 0 Å². The Morgan fingerprint density at radius 3 is 2.72 bits per heavy atom. The van der Waals surface area contributed by atoms with E-state index in [0.29, 0.717) is 18.4 Å². The molecule has 4 N–H and O–H groups in total. The van der Waals surface area contributed by atoms with Gasteiger partial charge in [0.05, 0.1) is 7.11 Å². The van der Waals surface area contributed by atoms with Crippen molar-refractivity contribution in [2.45, 2.75) is 26.2 Å². The number of ether oxygens (including phenoxy) is 1. The van der Waals surface area contributed by atoms with E-state index in [4.69, 9.17) is 15.6 Å². The van der Waals surface area contributed by atoms with Gasteiger partial charge in [0.15, 0.2) is 0 Å². The molecule has 0 radical (unpaired) electrons. The lowest BCUT2D eigenvalue weighted by molar-refractivity contribution is 0.255. The average Bonchev–Trinajstić information content (AvgIpc) is 2.36. The number of hydrogen-bond acceptors (Lipinski definition) is 7. The van der Waals surface area contributed by atoms with Crippen molar-refractivity contribution < 1.29 is 9.84 Å². The van der Waals surface area contributed by atoms with E-state index in [9.17, 15) is 0 Å². The van der Waals surface area contributed by atoms with E-state index in [1.165, 1.54) is 7.11 Å². The number of nitrogens with zero attached hydrogens (tertiary/aromatic N) is 3. The van der Waals surface area contributed by atoms with Gasteiger partial charge in [0.1, 0.15) is 0 Å². The van der Waals surface area contributed by atoms with Gasteiger partial charge in [-0.25, -0.2) is 0 Å². The molecule has 1 atom stereocenters. The molecule has 1 rings (SSSR count). The van der Waals surface area contributed by atoms with E-state index in [2.05, 4.69) is 27.2 Å². The summed E-state index contributed by atoms with van der Waals surface area (Å²) >= 11 is 0. The number of anilines is 2. The topological polar surface area (TPSA) is 106 Å². The first kappa shape index (κ1) is 14.4. The molecule has 1 aromatic heterocycles. The zero-order valence-corrected chi connectivity index (χ0v) is 10.9. The molecule has 0 amide bonds. The minimum absolute atomic E-state index is 0.124. The van der Waals surface area contributed by atoms with Crippen LogP contribution in [0.3, 0.4) is 0 Å². The third-order valence-corrected chi connectivity index (χ3v) is 2.60. The molecule has 1 heterocycles. The minimum Gasteiger partial charge on any atom is -0.467 e. The standard InChI is InChI=1S/C11H21N5O2/c1-3-4-8(5-6-17)7-13-10-14-9(12)15-11(16-10)18-2/h8,17H,3-7H2,1-2H3,(H3,12,13,14,15,16). The lowest BCUT2D eigenvalue weighted by atomic mass is 10.0. The fourth-order valence-electron chi connectivity index (χ4n) is 1.72. The maximum Gasteiger partial charge on any atom is 0.322 e. The third kappa shape index (κ3) is 4.70. The van der Waals surface area contributed by atoms with Crippen molar-refractivity contribution in [3.8, 4) is 6.01 Å². The molecular formula is C11H21N5O2. The molecule has 0 bridgehead atoms. The van der Waals surface area contributed by atoms with Gasteiger partial charge in [-0.05, 0) is 18.8 Å². The van der Waals surface area contributed by atoms with Crippen molar-refractivity contribution in [1.82, 2.24) is 15.0 Å². The molecule has 0 aliphatic heterocycles. The Morgan fingerprint density at radius 2 is 2.11 bits per heavy atom. The number of nitrogens with one attached hydrogen (secondary N) is 1. The first-order chi connectivity index (χ1) is 8.69. The number of nitrogen functional groups attached to an aromatic ring is 1. The molecule has 0 saturated heterocycles. The third-order valence-electron chi connectivity index (χ3n) is 2.60. The number of rotatable bonds is 8. The van der Waals surface area contributed by atoms with Crippen molar-refractivity contribution >= 4 is 11.9 Å². The van der Waals surface area contributed by atoms with Gasteiger partial charge in [0.2, 0.25) is 11.9 Å². The lowest BCUT2D eigenvalue weighted by Crippen LogP contribution is -2.18. The number of methoxy groups -OCH3 is 1. The van der Waals surface area contributed by atoms with Gasteiger partial charge in [0, 0.05) is 13.2 Å². The number of hydrogen-bond donors (Lipinski definition) is 3. The summed E-state index contributed by atoms with van der Waals surface area (Å²) in [6, 6.07) is 0.194. The molecule has 7 heteroatoms. The van der Waals surface area contributed by atoms with E-state index < -0.39 is 0 Å². The van der Waals surface area contributed by atoms with Crippen LogP contribution in [0.2, 0.25) is 0 Å². The molecule has 0 saturated carbocycles. The molecule has 0 spiro atoms. The van der Waals surface area contributed by atoms with E-state index >= 15 is 0 Å². The van der Waals surface area contributed by atoms with Crippen LogP contribution < -0.4 is 15.8 Å². The van der Waals surface area contributed by atoms with Crippen molar-refractivity contribution in [2.24, 2.45) is 5.92 Å². The van der Waals surface area contributed by atoms with Gasteiger partial charge >= 0.3 is 6.01 Å². The lowest BCUT2D eigenvalue weighted by Gasteiger charge is -2.15. The highest BCUT2D eigenvalue weighted by atomic mass is 16.5. The van der Waals surface area contributed by atoms with Gasteiger partial charge in [-0.2, -0.15) is 15.0 Å². The van der Waals surface area contributed by atoms with E-state index in [1.54, 1.807) is 0 Å². The maximum absolute atomic E-state index is 8.98. The first-order valence-corrected chi connectivity index (χ1v) is 6.09. The summed E-state index contributed by atoms with van der Waals surface area (Å²) in [4.78, 5) is 11.8. The van der Waals surface area contributed by atoms with E-state index in [1.807, 2.05) is 0 Å². The van der Waals surface area contributed by atoms with Crippen LogP contribution in [0.15, 0.2) is 0 Å². The molecule has 1 unspecified atom stereocenters. The van der Waals surface area contributed by atoms with Crippen LogP contribution in [0, 0.1) is 5.92 Å². The summed E-state index contributed by atoms with van der Waals surface area (Å²) in [7, 11) is 1.48. The van der Waals surface area contributed by atoms with Gasteiger partial charge < -0.3 is 20.9 Å². The predicted octanol–water partition coefficient (Wildman–Crippen LogP) is 0.673. The Labute approximate surface area is 107 Å². The number of aromatic nitrogens is 3. The van der Waals surface area contributed by atoms with Crippen LogP contribution in [0.5, 0.6) is 6.01 Å². The maximum atomic E-state index is 8.98. The van der Waals surface area contributed by atoms with Gasteiger partial charge in [-0.1, -0.05) is 13.3 Å². The molecule has 0 aromatic carbocycles. The second kappa shape index (κ2) is 7.65. The molecule has 7 nitrogen and oxygen atoms in total. The fourth-order valence-corrected chi connectivity index (χ4v) is 1.72. The molecule has 0 fully saturated rings. The van der Waals surface area contributed by atoms with Crippen molar-refractivity contribution in [1.29, 1.82) is 0 Å². The van der Waals surface area contributed by atoms with Crippen LogP contribution >= 0.6 is 0 Å². The van der Waals surface area contributed by atoms with E-state index in [0.717, 1.165) is 19.3 Å². The van der Waals surface area contributed by atoms with Gasteiger partial charge in [-0.3, -0.25) is 0 Å². The summed E-state index contributed by atoms with van der Waals surface area (Å²) in [5.74, 6) is 0.918. The number of nitrogens with two attached hydrogens (primary N) is 1. The summed E-state index contributed by atoms with van der Waals surface area (Å²) in [6.45, 7) is 3.00. The molecular weight excluding hydrogens is 234 g/mol. The fraction of sp³-hybridized carbons (Fsp3) is 0.727. The van der Waals surface area contributed by atoms with Crippen molar-refractivity contribution in [2.75, 3.05) is 31.3 Å². The molecule has 18 heavy (non-hydrogen) atoms. The highest BCUT2D eigenvalue weighted by Gasteiger charge is 2.09.